The molecule has 0 atom stereocenters. The third kappa shape index (κ3) is 2.94. The first kappa shape index (κ1) is 11.9. The summed E-state index contributed by atoms with van der Waals surface area (Å²) >= 11 is 0. The number of nitrogens with zero attached hydrogens (tertiary/aromatic N) is 2. The van der Waals surface area contributed by atoms with Crippen LogP contribution in [0.1, 0.15) is 12.8 Å². The molecular weight excluding hydrogens is 220 g/mol. The van der Waals surface area contributed by atoms with E-state index >= 15 is 0 Å². The van der Waals surface area contributed by atoms with Gasteiger partial charge in [0, 0.05) is 37.5 Å². The van der Waals surface area contributed by atoms with Crippen LogP contribution in [0.15, 0.2) is 24.3 Å². The Hall–Kier alpha value is -1.62. The first-order valence-corrected chi connectivity index (χ1v) is 5.72. The average Bonchev–Trinajstić information content (AvgIpc) is 3.14. The molecule has 0 radical (unpaired) electrons. The van der Waals surface area contributed by atoms with Crippen molar-refractivity contribution in [3.8, 4) is 0 Å². The molecule has 0 N–H and O–H groups in total. The highest BCUT2D eigenvalue weighted by molar-refractivity contribution is 5.52. The van der Waals surface area contributed by atoms with Crippen LogP contribution in [-0.4, -0.2) is 31.2 Å². The van der Waals surface area contributed by atoms with Gasteiger partial charge in [-0.3, -0.25) is 10.1 Å². The zero-order chi connectivity index (χ0) is 12.3. The van der Waals surface area contributed by atoms with Crippen LogP contribution in [0.4, 0.5) is 11.4 Å². The lowest BCUT2D eigenvalue weighted by atomic mass is 10.2. The first-order chi connectivity index (χ1) is 8.22. The molecule has 0 spiro atoms. The molecule has 1 fully saturated rings. The van der Waals surface area contributed by atoms with Crippen LogP contribution in [0.25, 0.3) is 0 Å². The van der Waals surface area contributed by atoms with Crippen molar-refractivity contribution in [2.45, 2.75) is 18.9 Å². The van der Waals surface area contributed by atoms with E-state index in [9.17, 15) is 10.1 Å². The molecule has 0 saturated heterocycles. The summed E-state index contributed by atoms with van der Waals surface area (Å²) in [5.41, 5.74) is 1.17. The van der Waals surface area contributed by atoms with Gasteiger partial charge in [0.25, 0.3) is 5.69 Å². The minimum Gasteiger partial charge on any atom is -0.383 e. The summed E-state index contributed by atoms with van der Waals surface area (Å²) in [6, 6.07) is 7.30. The lowest BCUT2D eigenvalue weighted by Crippen LogP contribution is -2.29. The minimum absolute atomic E-state index is 0.135. The van der Waals surface area contributed by atoms with Crippen LogP contribution in [0.3, 0.4) is 0 Å². The molecule has 0 aromatic heterocycles. The van der Waals surface area contributed by atoms with Crippen molar-refractivity contribution in [1.29, 1.82) is 0 Å². The van der Waals surface area contributed by atoms with Crippen LogP contribution >= 0.6 is 0 Å². The number of anilines is 1. The maximum atomic E-state index is 10.6. The van der Waals surface area contributed by atoms with Gasteiger partial charge in [-0.15, -0.1) is 0 Å². The minimum atomic E-state index is -0.375. The molecule has 17 heavy (non-hydrogen) atoms. The van der Waals surface area contributed by atoms with E-state index in [1.54, 1.807) is 19.2 Å². The molecule has 0 heterocycles. The molecule has 92 valence electrons. The maximum absolute atomic E-state index is 10.6. The van der Waals surface area contributed by atoms with E-state index in [0.717, 1.165) is 12.2 Å². The Bertz CT molecular complexity index is 387. The van der Waals surface area contributed by atoms with Gasteiger partial charge in [-0.1, -0.05) is 0 Å². The van der Waals surface area contributed by atoms with Crippen LogP contribution < -0.4 is 4.90 Å². The van der Waals surface area contributed by atoms with Gasteiger partial charge in [-0.2, -0.15) is 0 Å². The summed E-state index contributed by atoms with van der Waals surface area (Å²) in [6.45, 7) is 1.51. The normalized spacial score (nSPS) is 14.6. The number of methoxy groups -OCH3 is 1. The van der Waals surface area contributed by atoms with Gasteiger partial charge >= 0.3 is 0 Å². The van der Waals surface area contributed by atoms with Crippen LogP contribution in [0.5, 0.6) is 0 Å². The van der Waals surface area contributed by atoms with Crippen LogP contribution in [0.2, 0.25) is 0 Å². The van der Waals surface area contributed by atoms with Crippen molar-refractivity contribution in [3.63, 3.8) is 0 Å². The second-order valence-corrected chi connectivity index (χ2v) is 4.19. The number of hydrogen-bond acceptors (Lipinski definition) is 4. The second kappa shape index (κ2) is 5.14. The van der Waals surface area contributed by atoms with Gasteiger partial charge in [-0.25, -0.2) is 0 Å². The van der Waals surface area contributed by atoms with Gasteiger partial charge < -0.3 is 9.64 Å². The summed E-state index contributed by atoms with van der Waals surface area (Å²) in [5, 5.41) is 10.6. The Balaban J connectivity index is 2.09. The zero-order valence-electron chi connectivity index (χ0n) is 9.83. The molecular formula is C12H16N2O3. The Kier molecular flexibility index (Phi) is 3.58. The SMILES string of the molecule is COCCN(c1ccc([N+](=O)[O-])cc1)C1CC1. The molecule has 1 aliphatic rings. The summed E-state index contributed by atoms with van der Waals surface area (Å²) in [6.07, 6.45) is 2.39. The number of ether oxygens (including phenoxy) is 1. The Morgan fingerprint density at radius 2 is 2.06 bits per heavy atom. The summed E-state index contributed by atoms with van der Waals surface area (Å²) in [4.78, 5) is 12.5. The lowest BCUT2D eigenvalue weighted by Gasteiger charge is -2.24. The van der Waals surface area contributed by atoms with Crippen LogP contribution in [-0.2, 0) is 4.74 Å². The first-order valence-electron chi connectivity index (χ1n) is 5.72. The van der Waals surface area contributed by atoms with E-state index in [2.05, 4.69) is 4.90 Å². The molecule has 2 rings (SSSR count). The van der Waals surface area contributed by atoms with Crippen molar-refractivity contribution < 1.29 is 9.66 Å². The Morgan fingerprint density at radius 3 is 2.53 bits per heavy atom. The lowest BCUT2D eigenvalue weighted by molar-refractivity contribution is -0.384. The zero-order valence-corrected chi connectivity index (χ0v) is 9.83. The number of benzene rings is 1. The fourth-order valence-electron chi connectivity index (χ4n) is 1.86. The summed E-state index contributed by atoms with van der Waals surface area (Å²) in [7, 11) is 1.68. The van der Waals surface area contributed by atoms with Crippen molar-refractivity contribution in [2.24, 2.45) is 0 Å². The van der Waals surface area contributed by atoms with Gasteiger partial charge in [0.15, 0.2) is 0 Å². The van der Waals surface area contributed by atoms with Crippen molar-refractivity contribution >= 4 is 11.4 Å². The fraction of sp³-hybridized carbons (Fsp3) is 0.500. The molecule has 1 aromatic rings. The number of non-ortho nitro benzene ring substituents is 1. The number of nitro groups is 1. The molecule has 0 unspecified atom stereocenters. The van der Waals surface area contributed by atoms with E-state index in [1.165, 1.54) is 12.8 Å². The third-order valence-electron chi connectivity index (χ3n) is 2.92. The summed E-state index contributed by atoms with van der Waals surface area (Å²) in [5.74, 6) is 0. The number of rotatable bonds is 6. The molecule has 0 amide bonds. The highest BCUT2D eigenvalue weighted by atomic mass is 16.6. The van der Waals surface area contributed by atoms with Crippen molar-refractivity contribution in [3.05, 3.63) is 34.4 Å². The van der Waals surface area contributed by atoms with Gasteiger partial charge in [0.05, 0.1) is 11.5 Å². The summed E-state index contributed by atoms with van der Waals surface area (Å²) < 4.78 is 5.08. The standard InChI is InChI=1S/C12H16N2O3/c1-17-9-8-13(10-2-3-10)11-4-6-12(7-5-11)14(15)16/h4-7,10H,2-3,8-9H2,1H3. The van der Waals surface area contributed by atoms with Gasteiger partial charge in [0.1, 0.15) is 0 Å². The van der Waals surface area contributed by atoms with E-state index in [-0.39, 0.29) is 10.6 Å². The van der Waals surface area contributed by atoms with Gasteiger partial charge in [0.2, 0.25) is 0 Å². The van der Waals surface area contributed by atoms with E-state index in [0.29, 0.717) is 12.6 Å². The topological polar surface area (TPSA) is 55.6 Å². The molecule has 1 aliphatic carbocycles. The quantitative estimate of drug-likeness (QED) is 0.561. The molecule has 0 bridgehead atoms. The fourth-order valence-corrected chi connectivity index (χ4v) is 1.86. The highest BCUT2D eigenvalue weighted by Gasteiger charge is 2.29. The van der Waals surface area contributed by atoms with Crippen molar-refractivity contribution in [1.82, 2.24) is 0 Å². The van der Waals surface area contributed by atoms with E-state index in [4.69, 9.17) is 4.74 Å². The molecule has 1 aromatic carbocycles. The largest absolute Gasteiger partial charge is 0.383 e. The van der Waals surface area contributed by atoms with Gasteiger partial charge in [-0.05, 0) is 25.0 Å². The van der Waals surface area contributed by atoms with E-state index in [1.807, 2.05) is 12.1 Å². The highest BCUT2D eigenvalue weighted by Crippen LogP contribution is 2.32. The Labute approximate surface area is 100 Å². The average molecular weight is 236 g/mol. The smallest absolute Gasteiger partial charge is 0.269 e. The third-order valence-corrected chi connectivity index (χ3v) is 2.92. The maximum Gasteiger partial charge on any atom is 0.269 e. The predicted octanol–water partition coefficient (Wildman–Crippen LogP) is 2.21. The van der Waals surface area contributed by atoms with E-state index < -0.39 is 0 Å². The van der Waals surface area contributed by atoms with Crippen LogP contribution in [0, 0.1) is 10.1 Å². The monoisotopic (exact) mass is 236 g/mol. The Morgan fingerprint density at radius 1 is 1.41 bits per heavy atom. The molecule has 5 heteroatoms. The predicted molar refractivity (Wildman–Crippen MR) is 65.3 cm³/mol. The number of hydrogen-bond donors (Lipinski definition) is 0. The molecule has 5 nitrogen and oxygen atoms in total. The second-order valence-electron chi connectivity index (χ2n) is 4.19. The number of nitro benzene ring substituents is 1. The molecule has 0 aliphatic heterocycles. The molecule has 1 saturated carbocycles. The van der Waals surface area contributed by atoms with Crippen molar-refractivity contribution in [2.75, 3.05) is 25.2 Å².